The van der Waals surface area contributed by atoms with Gasteiger partial charge in [0.1, 0.15) is 35.0 Å². The molecular weight excluding hydrogens is 424 g/mol. The summed E-state index contributed by atoms with van der Waals surface area (Å²) < 4.78 is 18.8. The molecule has 33 heavy (non-hydrogen) atoms. The number of nitrogens with zero attached hydrogens (tertiary/aromatic N) is 5. The van der Waals surface area contributed by atoms with E-state index >= 15 is 0 Å². The molecule has 1 fully saturated rings. The molecule has 1 aliphatic rings. The average Bonchev–Trinajstić information content (AvgIpc) is 3.34. The number of aromatic nitrogens is 5. The van der Waals surface area contributed by atoms with Crippen molar-refractivity contribution in [1.82, 2.24) is 24.7 Å². The first kappa shape index (κ1) is 22.5. The Morgan fingerprint density at radius 1 is 1.30 bits per heavy atom. The van der Waals surface area contributed by atoms with Crippen LogP contribution in [0, 0.1) is 10.8 Å². The van der Waals surface area contributed by atoms with E-state index < -0.39 is 0 Å². The zero-order valence-electron chi connectivity index (χ0n) is 19.3. The smallest absolute Gasteiger partial charge is 0.216 e. The summed E-state index contributed by atoms with van der Waals surface area (Å²) in [7, 11) is 5.12. The van der Waals surface area contributed by atoms with Crippen LogP contribution < -0.4 is 20.1 Å². The van der Waals surface area contributed by atoms with Gasteiger partial charge >= 0.3 is 0 Å². The lowest BCUT2D eigenvalue weighted by Gasteiger charge is -2.26. The first-order chi connectivity index (χ1) is 15.8. The summed E-state index contributed by atoms with van der Waals surface area (Å²) in [5, 5.41) is 18.7. The van der Waals surface area contributed by atoms with E-state index in [1.807, 2.05) is 13.1 Å². The molecule has 4 heterocycles. The Hall–Kier alpha value is -3.73. The summed E-state index contributed by atoms with van der Waals surface area (Å²) >= 11 is 0. The molecule has 11 heteroatoms. The van der Waals surface area contributed by atoms with Crippen LogP contribution in [0.25, 0.3) is 11.5 Å². The van der Waals surface area contributed by atoms with Gasteiger partial charge in [0, 0.05) is 50.1 Å². The van der Waals surface area contributed by atoms with Crippen molar-refractivity contribution in [3.05, 3.63) is 30.0 Å². The van der Waals surface area contributed by atoms with Crippen LogP contribution in [0.1, 0.15) is 19.4 Å². The molecule has 1 saturated heterocycles. The second-order valence-electron chi connectivity index (χ2n) is 8.36. The second-order valence-corrected chi connectivity index (χ2v) is 8.36. The molecular formula is C22H28N8O3. The summed E-state index contributed by atoms with van der Waals surface area (Å²) in [6.07, 6.45) is 2.73. The summed E-state index contributed by atoms with van der Waals surface area (Å²) in [5.41, 5.74) is 1.02. The fraction of sp³-hybridized carbons (Fsp3) is 0.409. The number of pyridine rings is 1. The number of rotatable bonds is 8. The molecule has 4 rings (SSSR count). The van der Waals surface area contributed by atoms with Crippen LogP contribution in [0.4, 0.5) is 17.5 Å². The van der Waals surface area contributed by atoms with Crippen LogP contribution in [0.3, 0.4) is 0 Å². The van der Waals surface area contributed by atoms with Gasteiger partial charge in [0.25, 0.3) is 0 Å². The van der Waals surface area contributed by atoms with Crippen LogP contribution in [-0.2, 0) is 11.8 Å². The van der Waals surface area contributed by atoms with Gasteiger partial charge in [0.05, 0.1) is 25.9 Å². The van der Waals surface area contributed by atoms with Crippen molar-refractivity contribution in [3.63, 3.8) is 0 Å². The summed E-state index contributed by atoms with van der Waals surface area (Å²) in [4.78, 5) is 13.2. The maximum absolute atomic E-state index is 7.88. The number of aryl methyl sites for hydroxylation is 1. The maximum Gasteiger partial charge on any atom is 0.216 e. The fourth-order valence-corrected chi connectivity index (χ4v) is 3.52. The monoisotopic (exact) mass is 452 g/mol. The topological polar surface area (TPSA) is 132 Å². The molecule has 0 bridgehead atoms. The Morgan fingerprint density at radius 3 is 2.79 bits per heavy atom. The van der Waals surface area contributed by atoms with E-state index in [4.69, 9.17) is 19.6 Å². The Bertz CT molecular complexity index is 1160. The minimum Gasteiger partial charge on any atom is -0.486 e. The number of hydrogen-bond acceptors (Lipinski definition) is 10. The van der Waals surface area contributed by atoms with Crippen molar-refractivity contribution in [2.45, 2.75) is 20.0 Å². The van der Waals surface area contributed by atoms with Gasteiger partial charge in [-0.15, -0.1) is 0 Å². The van der Waals surface area contributed by atoms with Gasteiger partial charge in [-0.25, -0.2) is 9.97 Å². The first-order valence-electron chi connectivity index (χ1n) is 10.5. The van der Waals surface area contributed by atoms with Gasteiger partial charge in [-0.2, -0.15) is 10.1 Å². The summed E-state index contributed by atoms with van der Waals surface area (Å²) in [5.74, 6) is 3.22. The van der Waals surface area contributed by atoms with Gasteiger partial charge in [0.2, 0.25) is 5.88 Å². The van der Waals surface area contributed by atoms with Gasteiger partial charge in [0.15, 0.2) is 5.82 Å². The lowest BCUT2D eigenvalue weighted by Crippen LogP contribution is -2.33. The summed E-state index contributed by atoms with van der Waals surface area (Å²) in [6, 6.07) is 5.29. The Balaban J connectivity index is 1.65. The van der Waals surface area contributed by atoms with E-state index in [2.05, 4.69) is 44.5 Å². The van der Waals surface area contributed by atoms with Crippen LogP contribution in [-0.4, -0.2) is 64.4 Å². The zero-order valence-corrected chi connectivity index (χ0v) is 19.3. The predicted octanol–water partition coefficient (Wildman–Crippen LogP) is 2.87. The fourth-order valence-electron chi connectivity index (χ4n) is 3.52. The normalized spacial score (nSPS) is 16.9. The second kappa shape index (κ2) is 9.02. The maximum atomic E-state index is 7.88. The minimum absolute atomic E-state index is 0.135. The summed E-state index contributed by atoms with van der Waals surface area (Å²) in [6.45, 7) is 5.32. The highest BCUT2D eigenvalue weighted by Gasteiger charge is 2.38. The molecule has 174 valence electrons. The van der Waals surface area contributed by atoms with Crippen molar-refractivity contribution in [3.8, 4) is 23.1 Å². The molecule has 1 atom stereocenters. The molecule has 0 aliphatic carbocycles. The largest absolute Gasteiger partial charge is 0.486 e. The lowest BCUT2D eigenvalue weighted by molar-refractivity contribution is 0.117. The van der Waals surface area contributed by atoms with Crippen LogP contribution in [0.2, 0.25) is 0 Å². The number of hydrogen-bond donors (Lipinski definition) is 3. The van der Waals surface area contributed by atoms with Crippen LogP contribution in [0.15, 0.2) is 24.4 Å². The van der Waals surface area contributed by atoms with E-state index in [-0.39, 0.29) is 11.5 Å². The van der Waals surface area contributed by atoms with Gasteiger partial charge < -0.3 is 30.3 Å². The Morgan fingerprint density at radius 2 is 2.12 bits per heavy atom. The molecule has 0 aromatic carbocycles. The molecule has 3 N–H and O–H groups in total. The molecule has 0 unspecified atom stereocenters. The van der Waals surface area contributed by atoms with E-state index in [1.165, 1.54) is 6.21 Å². The van der Waals surface area contributed by atoms with Crippen molar-refractivity contribution >= 4 is 23.7 Å². The Kier molecular flexibility index (Phi) is 6.14. The zero-order chi connectivity index (χ0) is 23.6. The van der Waals surface area contributed by atoms with Crippen molar-refractivity contribution in [1.29, 1.82) is 5.41 Å². The SMILES string of the molecule is CNc1nc(Nc2cc(-c3nccc(OC)n3)nn2C)cc(O[C@H]2COCC2(C)C)c1C=N. The number of anilines is 3. The number of nitrogens with one attached hydrogen (secondary N) is 3. The lowest BCUT2D eigenvalue weighted by atomic mass is 9.90. The minimum atomic E-state index is -0.135. The van der Waals surface area contributed by atoms with Gasteiger partial charge in [-0.05, 0) is 0 Å². The standard InChI is InChI=1S/C22H28N8O3/c1-22(2)12-32-11-16(22)33-15-9-17(27-20(24-3)13(15)10-23)26-18-8-14(29-30(18)4)21-25-7-6-19(28-21)31-5/h6-10,16,23H,11-12H2,1-5H3,(H2,24,26,27)/t16-/m0/s1. The van der Waals surface area contributed by atoms with Gasteiger partial charge in [-0.3, -0.25) is 4.68 Å². The quantitative estimate of drug-likeness (QED) is 0.441. The van der Waals surface area contributed by atoms with E-state index in [0.717, 1.165) is 0 Å². The van der Waals surface area contributed by atoms with E-state index in [1.54, 1.807) is 37.2 Å². The first-order valence-corrected chi connectivity index (χ1v) is 10.5. The van der Waals surface area contributed by atoms with Gasteiger partial charge in [-0.1, -0.05) is 13.8 Å². The third-order valence-electron chi connectivity index (χ3n) is 5.49. The highest BCUT2D eigenvalue weighted by Crippen LogP contribution is 2.35. The van der Waals surface area contributed by atoms with Crippen molar-refractivity contribution in [2.75, 3.05) is 38.0 Å². The highest BCUT2D eigenvalue weighted by atomic mass is 16.5. The molecule has 3 aromatic heterocycles. The molecule has 0 spiro atoms. The number of ether oxygens (including phenoxy) is 3. The predicted molar refractivity (Wildman–Crippen MR) is 125 cm³/mol. The van der Waals surface area contributed by atoms with Crippen molar-refractivity contribution < 1.29 is 14.2 Å². The Labute approximate surface area is 192 Å². The third kappa shape index (κ3) is 4.58. The molecule has 0 radical (unpaired) electrons. The average molecular weight is 453 g/mol. The van der Waals surface area contributed by atoms with E-state index in [9.17, 15) is 0 Å². The molecule has 0 saturated carbocycles. The highest BCUT2D eigenvalue weighted by molar-refractivity contribution is 5.89. The van der Waals surface area contributed by atoms with Crippen LogP contribution >= 0.6 is 0 Å². The molecule has 11 nitrogen and oxygen atoms in total. The molecule has 0 amide bonds. The number of methoxy groups -OCH3 is 1. The molecule has 1 aliphatic heterocycles. The van der Waals surface area contributed by atoms with Crippen LogP contribution in [0.5, 0.6) is 11.6 Å². The van der Waals surface area contributed by atoms with Crippen molar-refractivity contribution in [2.24, 2.45) is 12.5 Å². The molecule has 3 aromatic rings. The third-order valence-corrected chi connectivity index (χ3v) is 5.49. The van der Waals surface area contributed by atoms with E-state index in [0.29, 0.717) is 59.4 Å².